The van der Waals surface area contributed by atoms with Crippen molar-refractivity contribution >= 4 is 34.8 Å². The number of benzene rings is 3. The SMILES string of the molecule is C=CCOC12Oc3ccc(Oc4cccc([N+](=O)[O-])c4)cc3C3C(CCCCO)C(CCCCO)C=C(C(=NOCC)CC1Sc1ccc(NC(C)=O)cc1)C32. The number of hydrogen-bond donors (Lipinski definition) is 3. The number of aliphatic hydroxyl groups excluding tert-OH is 2. The summed E-state index contributed by atoms with van der Waals surface area (Å²) in [6.45, 7) is 8.21. The maximum Gasteiger partial charge on any atom is 0.273 e. The normalized spacial score (nSPS) is 24.2. The summed E-state index contributed by atoms with van der Waals surface area (Å²) in [5, 5.41) is 38.5. The molecule has 6 unspecified atom stereocenters. The lowest BCUT2D eigenvalue weighted by atomic mass is 9.56. The number of ether oxygens (including phenoxy) is 3. The molecule has 3 aromatic rings. The Labute approximate surface area is 332 Å². The topological polar surface area (TPSA) is 162 Å². The number of nitro groups is 1. The molecule has 0 bridgehead atoms. The number of thioether (sulfide) groups is 1. The van der Waals surface area contributed by atoms with Gasteiger partial charge >= 0.3 is 0 Å². The van der Waals surface area contributed by atoms with E-state index >= 15 is 0 Å². The fourth-order valence-electron chi connectivity index (χ4n) is 8.41. The first-order valence-electron chi connectivity index (χ1n) is 19.4. The number of rotatable bonds is 19. The van der Waals surface area contributed by atoms with E-state index in [0.29, 0.717) is 48.8 Å². The molecule has 0 radical (unpaired) electrons. The number of nitrogens with zero attached hydrogens (tertiary/aromatic N) is 2. The van der Waals surface area contributed by atoms with E-state index in [1.54, 1.807) is 30.0 Å². The number of nitrogens with one attached hydrogen (secondary N) is 1. The van der Waals surface area contributed by atoms with Gasteiger partial charge < -0.3 is 34.6 Å². The monoisotopic (exact) mass is 785 g/mol. The Morgan fingerprint density at radius 3 is 2.52 bits per heavy atom. The predicted octanol–water partition coefficient (Wildman–Crippen LogP) is 8.79. The first-order valence-corrected chi connectivity index (χ1v) is 20.3. The van der Waals surface area contributed by atoms with Crippen molar-refractivity contribution < 1.29 is 39.0 Å². The van der Waals surface area contributed by atoms with Crippen LogP contribution in [0.1, 0.15) is 70.3 Å². The highest BCUT2D eigenvalue weighted by atomic mass is 32.2. The smallest absolute Gasteiger partial charge is 0.273 e. The molecule has 12 nitrogen and oxygen atoms in total. The fraction of sp³-hybridized carbons (Fsp3) is 0.442. The van der Waals surface area contributed by atoms with Crippen molar-refractivity contribution in [3.05, 3.63) is 107 Å². The lowest BCUT2D eigenvalue weighted by Gasteiger charge is -2.58. The molecule has 6 rings (SSSR count). The summed E-state index contributed by atoms with van der Waals surface area (Å²) in [6.07, 6.45) is 9.21. The van der Waals surface area contributed by atoms with E-state index in [-0.39, 0.29) is 60.3 Å². The molecule has 56 heavy (non-hydrogen) atoms. The van der Waals surface area contributed by atoms with E-state index in [2.05, 4.69) is 18.0 Å². The zero-order valence-electron chi connectivity index (χ0n) is 31.9. The van der Waals surface area contributed by atoms with Gasteiger partial charge in [-0.3, -0.25) is 14.9 Å². The maximum atomic E-state index is 11.7. The Morgan fingerprint density at radius 1 is 1.07 bits per heavy atom. The number of allylic oxidation sites excluding steroid dienone is 1. The number of fused-ring (bicyclic) bond motifs is 2. The summed E-state index contributed by atoms with van der Waals surface area (Å²) in [7, 11) is 0. The standard InChI is InChI=1S/C43H51N3O9S/c1-4-23-52-43-40(56-34-18-15-30(16-19-34)44-28(3)49)27-38(45-53-5-2)36-24-29(11-6-8-21-47)35(14-7-9-22-48)41(42(36)43)37-26-33(17-20-39(37)55-43)54-32-13-10-12-31(25-32)46(50)51/h4,10,12-13,15-20,24-26,29,35,40-42,47-48H,1,5-9,11,14,21-23,27H2,2-3H3,(H,44,49). The minimum atomic E-state index is -1.18. The summed E-state index contributed by atoms with van der Waals surface area (Å²) < 4.78 is 20.5. The Hall–Kier alpha value is -4.69. The molecule has 6 atom stereocenters. The summed E-state index contributed by atoms with van der Waals surface area (Å²) in [4.78, 5) is 29.6. The molecule has 1 amide bonds. The number of nitro benzene ring substituents is 1. The Balaban J connectivity index is 1.53. The minimum Gasteiger partial charge on any atom is -0.460 e. The van der Waals surface area contributed by atoms with Gasteiger partial charge in [0, 0.05) is 54.7 Å². The van der Waals surface area contributed by atoms with Crippen molar-refractivity contribution in [2.24, 2.45) is 22.9 Å². The molecule has 3 aromatic carbocycles. The van der Waals surface area contributed by atoms with Gasteiger partial charge in [-0.05, 0) is 98.5 Å². The number of oxime groups is 1. The van der Waals surface area contributed by atoms with E-state index in [1.807, 2.05) is 49.4 Å². The molecule has 0 saturated heterocycles. The lowest BCUT2D eigenvalue weighted by molar-refractivity contribution is -0.384. The molecular formula is C43H51N3O9S. The highest BCUT2D eigenvalue weighted by molar-refractivity contribution is 8.00. The van der Waals surface area contributed by atoms with Gasteiger partial charge in [0.1, 0.15) is 23.9 Å². The van der Waals surface area contributed by atoms with Crippen LogP contribution in [0.5, 0.6) is 17.2 Å². The Morgan fingerprint density at radius 2 is 1.82 bits per heavy atom. The number of amides is 1. The second-order valence-electron chi connectivity index (χ2n) is 14.3. The van der Waals surface area contributed by atoms with Crippen LogP contribution in [0, 0.1) is 27.9 Å². The van der Waals surface area contributed by atoms with Gasteiger partial charge in [0.05, 0.1) is 34.5 Å². The summed E-state index contributed by atoms with van der Waals surface area (Å²) in [5.74, 6) is -0.131. The lowest BCUT2D eigenvalue weighted by Crippen LogP contribution is -2.64. The zero-order chi connectivity index (χ0) is 39.7. The number of unbranched alkanes of at least 4 members (excludes halogenated alkanes) is 2. The number of aliphatic hydroxyl groups is 2. The molecule has 1 fully saturated rings. The van der Waals surface area contributed by atoms with Crippen LogP contribution in [-0.2, 0) is 14.4 Å². The van der Waals surface area contributed by atoms with Crippen molar-refractivity contribution in [3.63, 3.8) is 0 Å². The van der Waals surface area contributed by atoms with E-state index in [0.717, 1.165) is 47.4 Å². The predicted molar refractivity (Wildman–Crippen MR) is 216 cm³/mol. The maximum absolute atomic E-state index is 11.7. The second kappa shape index (κ2) is 19.0. The number of carbonyl (C=O) groups excluding carboxylic acids is 1. The van der Waals surface area contributed by atoms with Gasteiger partial charge in [-0.25, -0.2) is 0 Å². The number of anilines is 1. The van der Waals surface area contributed by atoms with Gasteiger partial charge in [-0.15, -0.1) is 18.3 Å². The van der Waals surface area contributed by atoms with Crippen LogP contribution in [0.25, 0.3) is 0 Å². The van der Waals surface area contributed by atoms with Crippen molar-refractivity contribution in [2.45, 2.75) is 80.6 Å². The van der Waals surface area contributed by atoms with Crippen molar-refractivity contribution in [2.75, 3.05) is 31.7 Å². The van der Waals surface area contributed by atoms with Crippen LogP contribution in [0.15, 0.2) is 101 Å². The summed E-state index contributed by atoms with van der Waals surface area (Å²) in [6, 6.07) is 19.5. The molecule has 1 aliphatic heterocycles. The van der Waals surface area contributed by atoms with E-state index in [4.69, 9.17) is 24.2 Å². The molecule has 298 valence electrons. The average molecular weight is 786 g/mol. The molecule has 3 aliphatic rings. The van der Waals surface area contributed by atoms with Gasteiger partial charge in [0.25, 0.3) is 5.69 Å². The van der Waals surface area contributed by atoms with Crippen LogP contribution < -0.4 is 14.8 Å². The number of hydrogen-bond acceptors (Lipinski definition) is 11. The van der Waals surface area contributed by atoms with Gasteiger partial charge in [0.15, 0.2) is 0 Å². The molecule has 1 heterocycles. The fourth-order valence-corrected chi connectivity index (χ4v) is 9.70. The first-order chi connectivity index (χ1) is 27.2. The molecule has 0 aromatic heterocycles. The van der Waals surface area contributed by atoms with Crippen molar-refractivity contribution in [1.29, 1.82) is 0 Å². The van der Waals surface area contributed by atoms with Gasteiger partial charge in [-0.2, -0.15) is 0 Å². The van der Waals surface area contributed by atoms with Crippen LogP contribution in [0.3, 0.4) is 0 Å². The quantitative estimate of drug-likeness (QED) is 0.0464. The Kier molecular flexibility index (Phi) is 13.9. The van der Waals surface area contributed by atoms with Crippen LogP contribution >= 0.6 is 11.8 Å². The number of non-ortho nitro benzene ring substituents is 1. The van der Waals surface area contributed by atoms with Crippen molar-refractivity contribution in [3.8, 4) is 17.2 Å². The van der Waals surface area contributed by atoms with Crippen LogP contribution in [0.2, 0.25) is 0 Å². The molecule has 13 heteroatoms. The van der Waals surface area contributed by atoms with Gasteiger partial charge in [0.2, 0.25) is 11.7 Å². The second-order valence-corrected chi connectivity index (χ2v) is 15.6. The van der Waals surface area contributed by atoms with Crippen molar-refractivity contribution in [1.82, 2.24) is 0 Å². The average Bonchev–Trinajstić information content (AvgIpc) is 3.19. The van der Waals surface area contributed by atoms with E-state index in [9.17, 15) is 25.1 Å². The molecule has 3 N–H and O–H groups in total. The van der Waals surface area contributed by atoms with E-state index < -0.39 is 10.7 Å². The number of carbonyl (C=O) groups is 1. The summed E-state index contributed by atoms with van der Waals surface area (Å²) in [5.41, 5.74) is 3.39. The molecule has 0 spiro atoms. The first kappa shape index (κ1) is 41.0. The molecule has 2 aliphatic carbocycles. The third kappa shape index (κ3) is 9.12. The van der Waals surface area contributed by atoms with Crippen LogP contribution in [0.4, 0.5) is 11.4 Å². The van der Waals surface area contributed by atoms with Crippen LogP contribution in [-0.4, -0.2) is 64.2 Å². The highest BCUT2D eigenvalue weighted by Gasteiger charge is 2.64. The third-order valence-corrected chi connectivity index (χ3v) is 12.0. The van der Waals surface area contributed by atoms with Gasteiger partial charge in [-0.1, -0.05) is 36.2 Å². The zero-order valence-corrected chi connectivity index (χ0v) is 32.7. The molecule has 1 saturated carbocycles. The minimum absolute atomic E-state index is 0.0683. The third-order valence-electron chi connectivity index (χ3n) is 10.6. The van der Waals surface area contributed by atoms with E-state index in [1.165, 1.54) is 19.1 Å². The molecular weight excluding hydrogens is 735 g/mol. The summed E-state index contributed by atoms with van der Waals surface area (Å²) >= 11 is 1.63. The highest BCUT2D eigenvalue weighted by Crippen LogP contribution is 2.63. The largest absolute Gasteiger partial charge is 0.460 e. The Bertz CT molecular complexity index is 1920.